The largest absolute Gasteiger partial charge is 0.484 e. The fourth-order valence-electron chi connectivity index (χ4n) is 2.06. The van der Waals surface area contributed by atoms with Crippen LogP contribution in [0.3, 0.4) is 0 Å². The first-order valence-electron chi connectivity index (χ1n) is 8.05. The van der Waals surface area contributed by atoms with Crippen LogP contribution >= 0.6 is 34.7 Å². The summed E-state index contributed by atoms with van der Waals surface area (Å²) in [6, 6.07) is 10.6. The van der Waals surface area contributed by atoms with Crippen molar-refractivity contribution in [1.29, 1.82) is 0 Å². The highest BCUT2D eigenvalue weighted by atomic mass is 35.5. The monoisotopic (exact) mass is 437 g/mol. The second-order valence-electron chi connectivity index (χ2n) is 5.45. The number of aromatic nitrogens is 3. The number of carbonyl (C=O) groups is 2. The molecule has 146 valence electrons. The van der Waals surface area contributed by atoms with E-state index < -0.39 is 0 Å². The van der Waals surface area contributed by atoms with Crippen LogP contribution in [0.1, 0.15) is 15.5 Å². The summed E-state index contributed by atoms with van der Waals surface area (Å²) in [7, 11) is 1.78. The Hall–Kier alpha value is -2.56. The molecule has 3 rings (SSSR count). The molecule has 0 saturated carbocycles. The van der Waals surface area contributed by atoms with E-state index in [1.807, 2.05) is 12.1 Å². The molecule has 3 aromatic rings. The first-order chi connectivity index (χ1) is 13.5. The Morgan fingerprint density at radius 1 is 1.21 bits per heavy atom. The number of halogens is 1. The fourth-order valence-corrected chi connectivity index (χ4v) is 3.60. The lowest BCUT2D eigenvalue weighted by atomic mass is 10.3. The first kappa shape index (κ1) is 20.2. The lowest BCUT2D eigenvalue weighted by Crippen LogP contribution is -2.42. The Morgan fingerprint density at radius 3 is 2.79 bits per heavy atom. The maximum absolute atomic E-state index is 11.9. The number of hydrogen-bond donors (Lipinski definition) is 2. The second kappa shape index (κ2) is 9.58. The van der Waals surface area contributed by atoms with Crippen molar-refractivity contribution >= 4 is 46.5 Å². The molecular formula is C17H16ClN5O3S2. The van der Waals surface area contributed by atoms with Crippen LogP contribution in [0, 0.1) is 0 Å². The quantitative estimate of drug-likeness (QED) is 0.435. The van der Waals surface area contributed by atoms with E-state index in [1.165, 1.54) is 23.1 Å². The molecule has 0 bridgehead atoms. The maximum atomic E-state index is 11.9. The molecule has 0 unspecified atom stereocenters. The molecule has 2 amide bonds. The molecular weight excluding hydrogens is 422 g/mol. The molecule has 2 N–H and O–H groups in total. The molecule has 2 heterocycles. The summed E-state index contributed by atoms with van der Waals surface area (Å²) in [6.45, 7) is 0.191. The Morgan fingerprint density at radius 2 is 2.04 bits per heavy atom. The van der Waals surface area contributed by atoms with E-state index in [0.717, 1.165) is 0 Å². The molecule has 0 saturated heterocycles. The van der Waals surface area contributed by atoms with Gasteiger partial charge in [-0.2, -0.15) is 0 Å². The van der Waals surface area contributed by atoms with Crippen LogP contribution in [-0.2, 0) is 18.4 Å². The van der Waals surface area contributed by atoms with Crippen molar-refractivity contribution in [3.63, 3.8) is 0 Å². The molecule has 0 fully saturated rings. The highest BCUT2D eigenvalue weighted by Crippen LogP contribution is 2.24. The third kappa shape index (κ3) is 5.24. The number of hydrazine groups is 1. The van der Waals surface area contributed by atoms with Crippen LogP contribution in [0.4, 0.5) is 0 Å². The predicted molar refractivity (Wildman–Crippen MR) is 107 cm³/mol. The number of ether oxygens (including phenoxy) is 1. The topological polar surface area (TPSA) is 98.1 Å². The van der Waals surface area contributed by atoms with Gasteiger partial charge in [0.1, 0.15) is 12.4 Å². The second-order valence-corrected chi connectivity index (χ2v) is 7.74. The zero-order chi connectivity index (χ0) is 19.9. The molecule has 8 nitrogen and oxygen atoms in total. The van der Waals surface area contributed by atoms with Gasteiger partial charge in [-0.3, -0.25) is 20.4 Å². The van der Waals surface area contributed by atoms with Gasteiger partial charge >= 0.3 is 0 Å². The highest BCUT2D eigenvalue weighted by Gasteiger charge is 2.13. The van der Waals surface area contributed by atoms with Gasteiger partial charge in [0.05, 0.1) is 15.7 Å². The smallest absolute Gasteiger partial charge is 0.279 e. The Balaban J connectivity index is 1.46. The van der Waals surface area contributed by atoms with Gasteiger partial charge in [-0.15, -0.1) is 21.5 Å². The fraction of sp³-hybridized carbons (Fsp3) is 0.176. The van der Waals surface area contributed by atoms with Crippen molar-refractivity contribution in [2.45, 2.75) is 11.8 Å². The molecule has 2 aromatic heterocycles. The summed E-state index contributed by atoms with van der Waals surface area (Å²) in [6.07, 6.45) is 0. The van der Waals surface area contributed by atoms with Gasteiger partial charge < -0.3 is 9.30 Å². The Kier molecular flexibility index (Phi) is 6.90. The van der Waals surface area contributed by atoms with Gasteiger partial charge in [0.25, 0.3) is 5.91 Å². The van der Waals surface area contributed by atoms with Crippen LogP contribution in [0.25, 0.3) is 0 Å². The van der Waals surface area contributed by atoms with E-state index in [2.05, 4.69) is 21.0 Å². The van der Waals surface area contributed by atoms with Gasteiger partial charge in [-0.25, -0.2) is 0 Å². The summed E-state index contributed by atoms with van der Waals surface area (Å²) < 4.78 is 7.39. The summed E-state index contributed by atoms with van der Waals surface area (Å²) in [5.41, 5.74) is 4.74. The average molecular weight is 438 g/mol. The number of nitrogens with zero attached hydrogens (tertiary/aromatic N) is 3. The molecule has 0 aliphatic rings. The van der Waals surface area contributed by atoms with Gasteiger partial charge in [-0.1, -0.05) is 41.6 Å². The third-order valence-electron chi connectivity index (χ3n) is 3.51. The Bertz CT molecular complexity index is 962. The van der Waals surface area contributed by atoms with Gasteiger partial charge in [-0.05, 0) is 23.6 Å². The molecule has 0 atom stereocenters. The maximum Gasteiger partial charge on any atom is 0.279 e. The van der Waals surface area contributed by atoms with Gasteiger partial charge in [0.2, 0.25) is 5.91 Å². The SMILES string of the molecule is Cn1c(COc2ccccc2Cl)nnc1SCC(=O)NNC(=O)c1cccs1. The van der Waals surface area contributed by atoms with E-state index in [4.69, 9.17) is 16.3 Å². The van der Waals surface area contributed by atoms with Crippen molar-refractivity contribution in [3.05, 3.63) is 57.5 Å². The molecule has 11 heteroatoms. The minimum atomic E-state index is -0.356. The number of para-hydroxylation sites is 1. The highest BCUT2D eigenvalue weighted by molar-refractivity contribution is 7.99. The molecule has 0 spiro atoms. The summed E-state index contributed by atoms with van der Waals surface area (Å²) in [5, 5.41) is 11.0. The molecule has 1 aromatic carbocycles. The number of carbonyl (C=O) groups excluding carboxylic acids is 2. The van der Waals surface area contributed by atoms with Crippen molar-refractivity contribution in [1.82, 2.24) is 25.6 Å². The number of nitrogens with one attached hydrogen (secondary N) is 2. The summed E-state index contributed by atoms with van der Waals surface area (Å²) in [4.78, 5) is 24.2. The lowest BCUT2D eigenvalue weighted by molar-refractivity contribution is -0.119. The van der Waals surface area contributed by atoms with Gasteiger partial charge in [0.15, 0.2) is 11.0 Å². The van der Waals surface area contributed by atoms with Gasteiger partial charge in [0, 0.05) is 7.05 Å². The first-order valence-corrected chi connectivity index (χ1v) is 10.3. The zero-order valence-electron chi connectivity index (χ0n) is 14.7. The molecule has 0 aliphatic heterocycles. The zero-order valence-corrected chi connectivity index (χ0v) is 17.1. The van der Waals surface area contributed by atoms with Crippen molar-refractivity contribution in [2.24, 2.45) is 7.05 Å². The molecule has 0 radical (unpaired) electrons. The third-order valence-corrected chi connectivity index (χ3v) is 5.71. The predicted octanol–water partition coefficient (Wildman–Crippen LogP) is 2.66. The lowest BCUT2D eigenvalue weighted by Gasteiger charge is -2.08. The van der Waals surface area contributed by atoms with Crippen LogP contribution < -0.4 is 15.6 Å². The van der Waals surface area contributed by atoms with E-state index in [1.54, 1.807) is 41.3 Å². The van der Waals surface area contributed by atoms with Crippen LogP contribution in [0.15, 0.2) is 46.9 Å². The van der Waals surface area contributed by atoms with E-state index >= 15 is 0 Å². The van der Waals surface area contributed by atoms with E-state index in [-0.39, 0.29) is 24.2 Å². The van der Waals surface area contributed by atoms with Crippen molar-refractivity contribution < 1.29 is 14.3 Å². The number of hydrogen-bond acceptors (Lipinski definition) is 7. The van der Waals surface area contributed by atoms with Crippen LogP contribution in [0.5, 0.6) is 5.75 Å². The number of rotatable bonds is 7. The molecule has 0 aliphatic carbocycles. The summed E-state index contributed by atoms with van der Waals surface area (Å²) >= 11 is 8.55. The van der Waals surface area contributed by atoms with Crippen molar-refractivity contribution in [3.8, 4) is 5.75 Å². The number of thiophene rings is 1. The summed E-state index contributed by atoms with van der Waals surface area (Å²) in [5.74, 6) is 0.510. The minimum absolute atomic E-state index is 0.0715. The van der Waals surface area contributed by atoms with Crippen molar-refractivity contribution in [2.75, 3.05) is 5.75 Å². The average Bonchev–Trinajstić information content (AvgIpc) is 3.34. The van der Waals surface area contributed by atoms with E-state index in [9.17, 15) is 9.59 Å². The minimum Gasteiger partial charge on any atom is -0.484 e. The Labute approximate surface area is 174 Å². The molecule has 28 heavy (non-hydrogen) atoms. The van der Waals surface area contributed by atoms with E-state index in [0.29, 0.717) is 26.6 Å². The standard InChI is InChI=1S/C17H16ClN5O3S2/c1-23-14(9-26-12-6-3-2-5-11(12)18)19-22-17(23)28-10-15(24)20-21-16(25)13-7-4-8-27-13/h2-8H,9-10H2,1H3,(H,20,24)(H,21,25). The number of amides is 2. The number of thioether (sulfide) groups is 1. The normalized spacial score (nSPS) is 10.5. The van der Waals surface area contributed by atoms with Crippen LogP contribution in [-0.4, -0.2) is 32.3 Å². The number of benzene rings is 1. The van der Waals surface area contributed by atoms with Crippen LogP contribution in [0.2, 0.25) is 5.02 Å².